The number of Topliss-reactive ketones (excluding diaryl/α,β-unsaturated/α-hetero) is 1. The van der Waals surface area contributed by atoms with Gasteiger partial charge in [0.15, 0.2) is 5.78 Å². The van der Waals surface area contributed by atoms with Crippen LogP contribution in [0.25, 0.3) is 11.0 Å². The minimum Gasteiger partial charge on any atom is -0.443 e. The first-order valence-corrected chi connectivity index (χ1v) is 13.3. The first-order valence-electron chi connectivity index (χ1n) is 13.3. The van der Waals surface area contributed by atoms with Crippen molar-refractivity contribution in [3.63, 3.8) is 0 Å². The second kappa shape index (κ2) is 12.3. The van der Waals surface area contributed by atoms with E-state index in [0.29, 0.717) is 40.2 Å². The van der Waals surface area contributed by atoms with E-state index in [2.05, 4.69) is 15.6 Å². The molecule has 0 unspecified atom stereocenters. The van der Waals surface area contributed by atoms with Crippen molar-refractivity contribution in [3.8, 4) is 0 Å². The fraction of sp³-hybridized carbons (Fsp3) is 0.300. The second-order valence-corrected chi connectivity index (χ2v) is 9.78. The normalized spacial score (nSPS) is 13.6. The summed E-state index contributed by atoms with van der Waals surface area (Å²) in [5, 5.41) is 12.1. The molecule has 2 amide bonds. The van der Waals surface area contributed by atoms with E-state index in [4.69, 9.17) is 4.74 Å². The van der Waals surface area contributed by atoms with Crippen molar-refractivity contribution in [2.24, 2.45) is 5.92 Å². The summed E-state index contributed by atoms with van der Waals surface area (Å²) >= 11 is 0. The number of para-hydroxylation sites is 2. The van der Waals surface area contributed by atoms with Gasteiger partial charge in [0.25, 0.3) is 0 Å². The Balaban J connectivity index is 1.32. The van der Waals surface area contributed by atoms with Crippen LogP contribution in [-0.4, -0.2) is 39.4 Å². The second-order valence-electron chi connectivity index (χ2n) is 9.78. The Hall–Kier alpha value is -4.53. The number of ketones is 1. The number of nitrogens with zero attached hydrogens (tertiary/aromatic N) is 4. The fourth-order valence-electron chi connectivity index (χ4n) is 5.00. The molecule has 1 aromatic heterocycles. The number of anilines is 1. The maximum absolute atomic E-state index is 13.4. The number of carbonyl (C=O) groups is 3. The van der Waals surface area contributed by atoms with Crippen LogP contribution < -0.4 is 10.3 Å². The zero-order valence-corrected chi connectivity index (χ0v) is 21.7. The van der Waals surface area contributed by atoms with Crippen LogP contribution in [0.3, 0.4) is 0 Å². The molecule has 9 heteroatoms. The van der Waals surface area contributed by atoms with Gasteiger partial charge < -0.3 is 10.1 Å². The zero-order chi connectivity index (χ0) is 27.0. The number of hydrogen-bond donors (Lipinski definition) is 1. The van der Waals surface area contributed by atoms with E-state index in [9.17, 15) is 14.4 Å². The van der Waals surface area contributed by atoms with Gasteiger partial charge in [-0.2, -0.15) is 5.01 Å². The van der Waals surface area contributed by atoms with Crippen molar-refractivity contribution in [2.75, 3.05) is 16.9 Å². The number of nitrogens with one attached hydrogen (secondary N) is 1. The lowest BCUT2D eigenvalue weighted by molar-refractivity contribution is -0.115. The maximum Gasteiger partial charge on any atom is 0.431 e. The predicted molar refractivity (Wildman–Crippen MR) is 148 cm³/mol. The van der Waals surface area contributed by atoms with E-state index >= 15 is 0 Å². The van der Waals surface area contributed by atoms with Gasteiger partial charge in [-0.25, -0.2) is 4.79 Å². The third kappa shape index (κ3) is 6.49. The summed E-state index contributed by atoms with van der Waals surface area (Å²) in [7, 11) is 0. The molecule has 1 aliphatic carbocycles. The minimum absolute atomic E-state index is 0.0647. The molecule has 4 aromatic rings. The highest BCUT2D eigenvalue weighted by molar-refractivity contribution is 5.98. The molecule has 39 heavy (non-hydrogen) atoms. The standard InChI is InChI=1S/C30H31N5O4/c36-28(19-22-11-3-1-4-12-22)25-16-8-7-13-23(25)21-39-30(38)34(20-29(37)31-24-14-5-2-6-15-24)35-27-18-10-9-17-26(27)32-33-35/h2,5-10,13-18,22H,1,3-4,11-12,19-21H2,(H,31,37). The Morgan fingerprint density at radius 1 is 0.897 bits per heavy atom. The van der Waals surface area contributed by atoms with Crippen molar-refractivity contribution < 1.29 is 19.1 Å². The molecule has 0 aliphatic heterocycles. The van der Waals surface area contributed by atoms with Gasteiger partial charge in [0.1, 0.15) is 24.2 Å². The van der Waals surface area contributed by atoms with Crippen LogP contribution in [0.4, 0.5) is 10.5 Å². The Morgan fingerprint density at radius 3 is 2.44 bits per heavy atom. The third-order valence-corrected chi connectivity index (χ3v) is 6.99. The smallest absolute Gasteiger partial charge is 0.431 e. The average molecular weight is 526 g/mol. The largest absolute Gasteiger partial charge is 0.443 e. The predicted octanol–water partition coefficient (Wildman–Crippen LogP) is 5.50. The van der Waals surface area contributed by atoms with Crippen molar-refractivity contribution in [3.05, 3.63) is 90.0 Å². The van der Waals surface area contributed by atoms with Crippen molar-refractivity contribution in [2.45, 2.75) is 45.1 Å². The molecule has 0 radical (unpaired) electrons. The van der Waals surface area contributed by atoms with E-state index in [-0.39, 0.29) is 18.9 Å². The lowest BCUT2D eigenvalue weighted by atomic mass is 9.84. The average Bonchev–Trinajstić information content (AvgIpc) is 3.40. The number of amides is 2. The number of benzene rings is 3. The topological polar surface area (TPSA) is 106 Å². The lowest BCUT2D eigenvalue weighted by Gasteiger charge is -2.22. The molecule has 0 atom stereocenters. The first kappa shape index (κ1) is 26.1. The van der Waals surface area contributed by atoms with E-state index in [1.807, 2.05) is 24.3 Å². The first-order chi connectivity index (χ1) is 19.1. The quantitative estimate of drug-likeness (QED) is 0.289. The van der Waals surface area contributed by atoms with Crippen LogP contribution in [0.15, 0.2) is 78.9 Å². The van der Waals surface area contributed by atoms with Crippen LogP contribution in [-0.2, 0) is 16.1 Å². The van der Waals surface area contributed by atoms with Crippen molar-refractivity contribution >= 4 is 34.5 Å². The van der Waals surface area contributed by atoms with Crippen LogP contribution in [0.5, 0.6) is 0 Å². The van der Waals surface area contributed by atoms with Gasteiger partial charge in [-0.15, -0.1) is 9.89 Å². The van der Waals surface area contributed by atoms with Gasteiger partial charge in [0.2, 0.25) is 5.91 Å². The Labute approximate surface area is 226 Å². The van der Waals surface area contributed by atoms with Crippen molar-refractivity contribution in [1.82, 2.24) is 15.1 Å². The third-order valence-electron chi connectivity index (χ3n) is 6.99. The molecule has 5 rings (SSSR count). The van der Waals surface area contributed by atoms with E-state index < -0.39 is 12.0 Å². The summed E-state index contributed by atoms with van der Waals surface area (Å²) in [6.07, 6.45) is 5.44. The maximum atomic E-state index is 13.4. The van der Waals surface area contributed by atoms with E-state index in [0.717, 1.165) is 17.9 Å². The molecule has 0 spiro atoms. The Bertz CT molecular complexity index is 1450. The summed E-state index contributed by atoms with van der Waals surface area (Å²) in [6, 6.07) is 23.3. The molecule has 1 aliphatic rings. The zero-order valence-electron chi connectivity index (χ0n) is 21.7. The van der Waals surface area contributed by atoms with Gasteiger partial charge in [-0.05, 0) is 35.4 Å². The molecule has 1 saturated carbocycles. The molecule has 1 N–H and O–H groups in total. The van der Waals surface area contributed by atoms with Crippen LogP contribution >= 0.6 is 0 Å². The summed E-state index contributed by atoms with van der Waals surface area (Å²) in [5.74, 6) is 0.0387. The number of rotatable bonds is 9. The number of fused-ring (bicyclic) bond motifs is 1. The van der Waals surface area contributed by atoms with Gasteiger partial charge >= 0.3 is 6.09 Å². The van der Waals surface area contributed by atoms with Crippen LogP contribution in [0, 0.1) is 5.92 Å². The summed E-state index contributed by atoms with van der Waals surface area (Å²) in [5.41, 5.74) is 2.91. The van der Waals surface area contributed by atoms with Gasteiger partial charge in [0, 0.05) is 23.2 Å². The summed E-state index contributed by atoms with van der Waals surface area (Å²) < 4.78 is 5.66. The molecular weight excluding hydrogens is 494 g/mol. The summed E-state index contributed by atoms with van der Waals surface area (Å²) in [4.78, 5) is 40.7. The Morgan fingerprint density at radius 2 is 1.62 bits per heavy atom. The highest BCUT2D eigenvalue weighted by atomic mass is 16.6. The molecule has 1 heterocycles. The minimum atomic E-state index is -0.789. The monoisotopic (exact) mass is 525 g/mol. The van der Waals surface area contributed by atoms with Crippen LogP contribution in [0.2, 0.25) is 0 Å². The van der Waals surface area contributed by atoms with E-state index in [1.165, 1.54) is 24.1 Å². The molecule has 9 nitrogen and oxygen atoms in total. The van der Waals surface area contributed by atoms with Crippen LogP contribution in [0.1, 0.15) is 54.4 Å². The molecular formula is C30H31N5O4. The van der Waals surface area contributed by atoms with Gasteiger partial charge in [-0.1, -0.05) is 86.7 Å². The summed E-state index contributed by atoms with van der Waals surface area (Å²) in [6.45, 7) is -0.474. The lowest BCUT2D eigenvalue weighted by Crippen LogP contribution is -2.46. The Kier molecular flexibility index (Phi) is 8.26. The number of ether oxygens (including phenoxy) is 1. The van der Waals surface area contributed by atoms with Gasteiger partial charge in [-0.3, -0.25) is 9.59 Å². The van der Waals surface area contributed by atoms with Crippen molar-refractivity contribution in [1.29, 1.82) is 0 Å². The molecule has 0 bridgehead atoms. The molecule has 1 fully saturated rings. The highest BCUT2D eigenvalue weighted by Gasteiger charge is 2.25. The molecule has 200 valence electrons. The van der Waals surface area contributed by atoms with E-state index in [1.54, 1.807) is 54.6 Å². The fourth-order valence-corrected chi connectivity index (χ4v) is 5.00. The SMILES string of the molecule is O=C(CN(C(=O)OCc1ccccc1C(=O)CC1CCCCC1)n1nnc2ccccc21)Nc1ccccc1. The molecule has 3 aromatic carbocycles. The van der Waals surface area contributed by atoms with Gasteiger partial charge in [0.05, 0.1) is 0 Å². The number of carbonyl (C=O) groups excluding carboxylic acids is 3. The molecule has 0 saturated heterocycles. The number of hydrogen-bond acceptors (Lipinski definition) is 6. The number of aromatic nitrogens is 3. The highest BCUT2D eigenvalue weighted by Crippen LogP contribution is 2.28.